The molecule has 1 aromatic heterocycles. The lowest BCUT2D eigenvalue weighted by Crippen LogP contribution is -2.31. The highest BCUT2D eigenvalue weighted by Gasteiger charge is 2.19. The van der Waals surface area contributed by atoms with Crippen LogP contribution < -0.4 is 10.5 Å². The molecule has 1 aromatic carbocycles. The van der Waals surface area contributed by atoms with Crippen LogP contribution in [0.5, 0.6) is 5.75 Å². The topological polar surface area (TPSA) is 48.1 Å². The number of nitrogens with zero attached hydrogens (tertiary/aromatic N) is 1. The van der Waals surface area contributed by atoms with Crippen LogP contribution in [-0.2, 0) is 0 Å². The normalized spacial score (nSPS) is 23.5. The minimum Gasteiger partial charge on any atom is -0.490 e. The molecule has 3 rings (SSSR count). The van der Waals surface area contributed by atoms with E-state index >= 15 is 0 Å². The smallest absolute Gasteiger partial charge is 0.136 e. The summed E-state index contributed by atoms with van der Waals surface area (Å²) in [5, 5.41) is 2.56. The van der Waals surface area contributed by atoms with Gasteiger partial charge in [-0.3, -0.25) is 0 Å². The van der Waals surface area contributed by atoms with Crippen molar-refractivity contribution in [1.29, 1.82) is 0 Å². The monoisotopic (exact) mass is 276 g/mol. The molecule has 0 radical (unpaired) electrons. The maximum absolute atomic E-state index is 6.05. The third kappa shape index (κ3) is 2.82. The van der Waals surface area contributed by atoms with Crippen LogP contribution in [0.3, 0.4) is 0 Å². The number of hydrogen-bond donors (Lipinski definition) is 1. The summed E-state index contributed by atoms with van der Waals surface area (Å²) in [7, 11) is 0. The zero-order valence-corrected chi connectivity index (χ0v) is 11.4. The summed E-state index contributed by atoms with van der Waals surface area (Å²) in [6.07, 6.45) is 6.18. The summed E-state index contributed by atoms with van der Waals surface area (Å²) < 4.78 is 6.03. The fourth-order valence-electron chi connectivity index (χ4n) is 2.59. The third-order valence-electron chi connectivity index (χ3n) is 3.71. The molecule has 0 aliphatic heterocycles. The third-order valence-corrected chi connectivity index (χ3v) is 4.01. The molecule has 1 aliphatic carbocycles. The predicted octanol–water partition coefficient (Wildman–Crippen LogP) is 3.54. The van der Waals surface area contributed by atoms with E-state index in [2.05, 4.69) is 4.98 Å². The average Bonchev–Trinajstić information content (AvgIpc) is 2.42. The molecule has 1 heterocycles. The molecular formula is C15H17ClN2O. The van der Waals surface area contributed by atoms with Gasteiger partial charge in [0.25, 0.3) is 0 Å². The Hall–Kier alpha value is -1.32. The van der Waals surface area contributed by atoms with E-state index < -0.39 is 0 Å². The van der Waals surface area contributed by atoms with Gasteiger partial charge in [0.1, 0.15) is 10.9 Å². The Morgan fingerprint density at radius 2 is 1.95 bits per heavy atom. The second kappa shape index (κ2) is 5.35. The molecule has 3 nitrogen and oxygen atoms in total. The van der Waals surface area contributed by atoms with Crippen molar-refractivity contribution < 1.29 is 4.74 Å². The molecule has 0 amide bonds. The van der Waals surface area contributed by atoms with Crippen LogP contribution in [0.25, 0.3) is 10.8 Å². The standard InChI is InChI=1S/C15H17ClN2O/c16-15-14-6-5-13(9-10(14)7-8-18-15)19-12-3-1-11(17)2-4-12/h5-9,11-12H,1-4,17H2. The van der Waals surface area contributed by atoms with Crippen molar-refractivity contribution in [2.75, 3.05) is 0 Å². The first-order valence-electron chi connectivity index (χ1n) is 6.69. The van der Waals surface area contributed by atoms with Crippen molar-refractivity contribution in [2.24, 2.45) is 5.73 Å². The Labute approximate surface area is 117 Å². The van der Waals surface area contributed by atoms with Gasteiger partial charge in [0.15, 0.2) is 0 Å². The van der Waals surface area contributed by atoms with Gasteiger partial charge < -0.3 is 10.5 Å². The molecule has 0 spiro atoms. The van der Waals surface area contributed by atoms with Crippen LogP contribution in [0.4, 0.5) is 0 Å². The van der Waals surface area contributed by atoms with Crippen LogP contribution in [0.2, 0.25) is 5.15 Å². The maximum atomic E-state index is 6.05. The number of ether oxygens (including phenoxy) is 1. The Kier molecular flexibility index (Phi) is 3.58. The SMILES string of the molecule is NC1CCC(Oc2ccc3c(Cl)nccc3c2)CC1. The van der Waals surface area contributed by atoms with E-state index in [9.17, 15) is 0 Å². The molecule has 100 valence electrons. The number of rotatable bonds is 2. The molecule has 1 saturated carbocycles. The molecule has 0 atom stereocenters. The molecule has 19 heavy (non-hydrogen) atoms. The summed E-state index contributed by atoms with van der Waals surface area (Å²) in [5.41, 5.74) is 5.90. The lowest BCUT2D eigenvalue weighted by atomic mass is 9.94. The van der Waals surface area contributed by atoms with E-state index in [1.54, 1.807) is 6.20 Å². The van der Waals surface area contributed by atoms with E-state index in [4.69, 9.17) is 22.1 Å². The van der Waals surface area contributed by atoms with Crippen LogP contribution in [0, 0.1) is 0 Å². The number of hydrogen-bond acceptors (Lipinski definition) is 3. The highest BCUT2D eigenvalue weighted by atomic mass is 35.5. The highest BCUT2D eigenvalue weighted by molar-refractivity contribution is 6.34. The fourth-order valence-corrected chi connectivity index (χ4v) is 2.82. The van der Waals surface area contributed by atoms with E-state index in [1.165, 1.54) is 0 Å². The molecule has 2 N–H and O–H groups in total. The Bertz CT molecular complexity index is 579. The number of halogens is 1. The largest absolute Gasteiger partial charge is 0.490 e. The van der Waals surface area contributed by atoms with Crippen LogP contribution in [-0.4, -0.2) is 17.1 Å². The molecule has 1 aliphatic rings. The quantitative estimate of drug-likeness (QED) is 0.854. The first-order chi connectivity index (χ1) is 9.22. The lowest BCUT2D eigenvalue weighted by Gasteiger charge is -2.26. The number of nitrogens with two attached hydrogens (primary N) is 1. The van der Waals surface area contributed by atoms with E-state index in [-0.39, 0.29) is 6.10 Å². The van der Waals surface area contributed by atoms with Gasteiger partial charge in [-0.15, -0.1) is 0 Å². The van der Waals surface area contributed by atoms with Gasteiger partial charge in [-0.05, 0) is 55.3 Å². The second-order valence-electron chi connectivity index (χ2n) is 5.14. The molecule has 4 heteroatoms. The first-order valence-corrected chi connectivity index (χ1v) is 7.06. The van der Waals surface area contributed by atoms with Gasteiger partial charge in [0, 0.05) is 17.6 Å². The molecular weight excluding hydrogens is 260 g/mol. The van der Waals surface area contributed by atoms with Crippen LogP contribution in [0.15, 0.2) is 30.5 Å². The Morgan fingerprint density at radius 3 is 2.74 bits per heavy atom. The van der Waals surface area contributed by atoms with E-state index in [1.807, 2.05) is 24.3 Å². The van der Waals surface area contributed by atoms with Gasteiger partial charge in [-0.1, -0.05) is 11.6 Å². The molecule has 2 aromatic rings. The number of aromatic nitrogens is 1. The number of fused-ring (bicyclic) bond motifs is 1. The number of pyridine rings is 1. The van der Waals surface area contributed by atoms with Gasteiger partial charge in [0.2, 0.25) is 0 Å². The second-order valence-corrected chi connectivity index (χ2v) is 5.50. The molecule has 0 bridgehead atoms. The lowest BCUT2D eigenvalue weighted by molar-refractivity contribution is 0.147. The summed E-state index contributed by atoms with van der Waals surface area (Å²) in [6, 6.07) is 8.25. The van der Waals surface area contributed by atoms with E-state index in [0.29, 0.717) is 11.2 Å². The van der Waals surface area contributed by atoms with Gasteiger partial charge in [-0.25, -0.2) is 4.98 Å². The summed E-state index contributed by atoms with van der Waals surface area (Å²) in [5.74, 6) is 0.898. The van der Waals surface area contributed by atoms with Gasteiger partial charge in [-0.2, -0.15) is 0 Å². The van der Waals surface area contributed by atoms with E-state index in [0.717, 1.165) is 42.2 Å². The van der Waals surface area contributed by atoms with Crippen molar-refractivity contribution in [3.05, 3.63) is 35.6 Å². The molecule has 0 saturated heterocycles. The Balaban J connectivity index is 1.78. The van der Waals surface area contributed by atoms with Crippen molar-refractivity contribution >= 4 is 22.4 Å². The number of benzene rings is 1. The van der Waals surface area contributed by atoms with Crippen LogP contribution >= 0.6 is 11.6 Å². The van der Waals surface area contributed by atoms with Gasteiger partial charge >= 0.3 is 0 Å². The predicted molar refractivity (Wildman–Crippen MR) is 77.6 cm³/mol. The first kappa shape index (κ1) is 12.7. The fraction of sp³-hybridized carbons (Fsp3) is 0.400. The summed E-state index contributed by atoms with van der Waals surface area (Å²) in [4.78, 5) is 4.07. The summed E-state index contributed by atoms with van der Waals surface area (Å²) >= 11 is 6.05. The minimum absolute atomic E-state index is 0.287. The Morgan fingerprint density at radius 1 is 1.16 bits per heavy atom. The van der Waals surface area contributed by atoms with Crippen molar-refractivity contribution in [3.63, 3.8) is 0 Å². The van der Waals surface area contributed by atoms with Crippen LogP contribution in [0.1, 0.15) is 25.7 Å². The van der Waals surface area contributed by atoms with Gasteiger partial charge in [0.05, 0.1) is 6.10 Å². The van der Waals surface area contributed by atoms with Crippen molar-refractivity contribution in [2.45, 2.75) is 37.8 Å². The average molecular weight is 277 g/mol. The summed E-state index contributed by atoms with van der Waals surface area (Å²) in [6.45, 7) is 0. The molecule has 0 unspecified atom stereocenters. The molecule has 1 fully saturated rings. The minimum atomic E-state index is 0.287. The zero-order valence-electron chi connectivity index (χ0n) is 10.7. The van der Waals surface area contributed by atoms with Crippen molar-refractivity contribution in [1.82, 2.24) is 4.98 Å². The van der Waals surface area contributed by atoms with Crippen molar-refractivity contribution in [3.8, 4) is 5.75 Å². The highest BCUT2D eigenvalue weighted by Crippen LogP contribution is 2.28. The zero-order chi connectivity index (χ0) is 13.2. The maximum Gasteiger partial charge on any atom is 0.136 e.